The number of rotatable bonds is 21. The van der Waals surface area contributed by atoms with Crippen molar-refractivity contribution in [1.82, 2.24) is 20.2 Å². The molecule has 2 amide bonds. The highest BCUT2D eigenvalue weighted by Gasteiger charge is 2.33. The molecule has 1 aromatic heterocycles. The van der Waals surface area contributed by atoms with Crippen LogP contribution in [-0.4, -0.2) is 60.8 Å². The maximum atomic E-state index is 13.7. The van der Waals surface area contributed by atoms with Crippen molar-refractivity contribution in [1.29, 1.82) is 0 Å². The Bertz CT molecular complexity index is 1930. The minimum atomic E-state index is -4.46. The van der Waals surface area contributed by atoms with E-state index in [1.54, 1.807) is 19.1 Å². The lowest BCUT2D eigenvalue weighted by atomic mass is 10.0. The van der Waals surface area contributed by atoms with E-state index in [-0.39, 0.29) is 37.0 Å². The molecular formula is C46H58F3N5O3. The third-order valence-corrected chi connectivity index (χ3v) is 9.60. The Balaban J connectivity index is 1.23. The SMILES string of the molecule is CC/C=C\C/C=C\C/C=C\C/C=C\C/C=C\C/C=C\CCC(=O)NCCNC(=O)c1cc(N2CCOCC2)cc2c1nc(C)n2Cc1cccc(C(F)(F)F)c1C. The molecule has 0 aliphatic carbocycles. The molecule has 57 heavy (non-hydrogen) atoms. The van der Waals surface area contributed by atoms with Gasteiger partial charge in [-0.1, -0.05) is 92.0 Å². The Morgan fingerprint density at radius 3 is 1.98 bits per heavy atom. The summed E-state index contributed by atoms with van der Waals surface area (Å²) in [7, 11) is 0. The molecule has 2 aromatic carbocycles. The average Bonchev–Trinajstić information content (AvgIpc) is 3.51. The summed E-state index contributed by atoms with van der Waals surface area (Å²) in [5, 5.41) is 5.78. The summed E-state index contributed by atoms with van der Waals surface area (Å²) in [5.41, 5.74) is 2.30. The first-order chi connectivity index (χ1) is 27.6. The fourth-order valence-electron chi connectivity index (χ4n) is 6.45. The second-order valence-electron chi connectivity index (χ2n) is 13.9. The number of nitrogens with one attached hydrogen (secondary N) is 2. The van der Waals surface area contributed by atoms with Crippen molar-refractivity contribution in [2.45, 2.75) is 84.9 Å². The molecule has 2 N–H and O–H groups in total. The Morgan fingerprint density at radius 1 is 0.807 bits per heavy atom. The summed E-state index contributed by atoms with van der Waals surface area (Å²) in [6.45, 7) is 8.41. The van der Waals surface area contributed by atoms with E-state index >= 15 is 0 Å². The zero-order chi connectivity index (χ0) is 40.9. The van der Waals surface area contributed by atoms with Crippen molar-refractivity contribution >= 4 is 28.5 Å². The first-order valence-corrected chi connectivity index (χ1v) is 20.0. The van der Waals surface area contributed by atoms with Crippen molar-refractivity contribution in [2.75, 3.05) is 44.3 Å². The number of allylic oxidation sites excluding steroid dienone is 12. The highest BCUT2D eigenvalue weighted by molar-refractivity contribution is 6.06. The topological polar surface area (TPSA) is 88.5 Å². The number of halogens is 3. The third-order valence-electron chi connectivity index (χ3n) is 9.60. The van der Waals surface area contributed by atoms with E-state index in [4.69, 9.17) is 9.72 Å². The summed E-state index contributed by atoms with van der Waals surface area (Å²) in [6.07, 6.45) is 27.9. The number of carbonyl (C=O) groups is 2. The molecule has 3 aromatic rings. The van der Waals surface area contributed by atoms with Crippen LogP contribution in [-0.2, 0) is 22.3 Å². The van der Waals surface area contributed by atoms with Gasteiger partial charge in [0.1, 0.15) is 11.3 Å². The van der Waals surface area contributed by atoms with Crippen LogP contribution in [0, 0.1) is 13.8 Å². The monoisotopic (exact) mass is 785 g/mol. The molecule has 8 nitrogen and oxygen atoms in total. The molecular weight excluding hydrogens is 728 g/mol. The fraction of sp³-hybridized carbons (Fsp3) is 0.413. The van der Waals surface area contributed by atoms with E-state index < -0.39 is 11.7 Å². The molecule has 0 atom stereocenters. The van der Waals surface area contributed by atoms with Gasteiger partial charge in [-0.25, -0.2) is 4.98 Å². The van der Waals surface area contributed by atoms with Gasteiger partial charge in [0.05, 0.1) is 29.9 Å². The number of fused-ring (bicyclic) bond motifs is 1. The zero-order valence-electron chi connectivity index (χ0n) is 33.6. The number of anilines is 1. The molecule has 4 rings (SSSR count). The van der Waals surface area contributed by atoms with Crippen LogP contribution in [0.25, 0.3) is 11.0 Å². The third kappa shape index (κ3) is 14.7. The second-order valence-corrected chi connectivity index (χ2v) is 13.9. The van der Waals surface area contributed by atoms with Crippen LogP contribution < -0.4 is 15.5 Å². The Morgan fingerprint density at radius 2 is 1.39 bits per heavy atom. The van der Waals surface area contributed by atoms with Gasteiger partial charge in [-0.05, 0) is 88.1 Å². The lowest BCUT2D eigenvalue weighted by molar-refractivity contribution is -0.138. The van der Waals surface area contributed by atoms with E-state index in [2.05, 4.69) is 89.3 Å². The van der Waals surface area contributed by atoms with Gasteiger partial charge >= 0.3 is 6.18 Å². The minimum Gasteiger partial charge on any atom is -0.378 e. The van der Waals surface area contributed by atoms with Crippen molar-refractivity contribution < 1.29 is 27.5 Å². The van der Waals surface area contributed by atoms with Crippen LogP contribution in [0.4, 0.5) is 18.9 Å². The van der Waals surface area contributed by atoms with Crippen molar-refractivity contribution in [3.63, 3.8) is 0 Å². The number of aryl methyl sites for hydroxylation is 1. The smallest absolute Gasteiger partial charge is 0.378 e. The Hall–Kier alpha value is -5.16. The van der Waals surface area contributed by atoms with Gasteiger partial charge in [0, 0.05) is 44.8 Å². The van der Waals surface area contributed by atoms with Crippen LogP contribution in [0.1, 0.15) is 91.2 Å². The van der Waals surface area contributed by atoms with Gasteiger partial charge in [0.2, 0.25) is 5.91 Å². The minimum absolute atomic E-state index is 0.0975. The number of nitrogens with zero attached hydrogens (tertiary/aromatic N) is 3. The molecule has 11 heteroatoms. The standard InChI is InChI=1S/C46H58F3N5O3/c1-4-5-6-7-8-9-10-11-12-13-14-15-16-17-18-19-20-21-22-26-43(55)50-27-28-51-45(56)40-33-39(53-29-31-57-32-30-53)34-42-44(40)52-37(3)54(42)35-38-24-23-25-41(36(38)2)46(47,48)49/h5-6,8-9,11-12,14-15,17-18,20-21,23-25,33-34H,4,7,10,13,16,19,22,26-32,35H2,1-3H3,(H,50,55)(H,51,56)/b6-5-,9-8-,12-11-,15-14-,18-17-,21-20-. The summed E-state index contributed by atoms with van der Waals surface area (Å²) in [6, 6.07) is 7.94. The van der Waals surface area contributed by atoms with Gasteiger partial charge in [-0.3, -0.25) is 9.59 Å². The Labute approximate surface area is 336 Å². The number of alkyl halides is 3. The summed E-state index contributed by atoms with van der Waals surface area (Å²) >= 11 is 0. The van der Waals surface area contributed by atoms with Gasteiger partial charge < -0.3 is 24.8 Å². The second kappa shape index (κ2) is 23.8. The molecule has 1 aliphatic heterocycles. The normalized spacial score (nSPS) is 14.2. The molecule has 0 spiro atoms. The quantitative estimate of drug-likeness (QED) is 0.0830. The van der Waals surface area contributed by atoms with E-state index in [1.165, 1.54) is 13.0 Å². The first-order valence-electron chi connectivity index (χ1n) is 20.0. The lowest BCUT2D eigenvalue weighted by Crippen LogP contribution is -2.37. The number of aromatic nitrogens is 2. The zero-order valence-corrected chi connectivity index (χ0v) is 33.6. The first kappa shape index (κ1) is 44.6. The Kier molecular flexibility index (Phi) is 18.6. The van der Waals surface area contributed by atoms with E-state index in [0.717, 1.165) is 50.3 Å². The van der Waals surface area contributed by atoms with Crippen LogP contribution >= 0.6 is 0 Å². The number of hydrogen-bond acceptors (Lipinski definition) is 5. The van der Waals surface area contributed by atoms with Crippen molar-refractivity contribution in [3.05, 3.63) is 131 Å². The lowest BCUT2D eigenvalue weighted by Gasteiger charge is -2.29. The number of carbonyl (C=O) groups excluding carboxylic acids is 2. The van der Waals surface area contributed by atoms with E-state index in [0.29, 0.717) is 67.1 Å². The molecule has 0 unspecified atom stereocenters. The predicted molar refractivity (Wildman–Crippen MR) is 226 cm³/mol. The summed E-state index contributed by atoms with van der Waals surface area (Å²) in [4.78, 5) is 32.9. The maximum Gasteiger partial charge on any atom is 0.416 e. The molecule has 1 fully saturated rings. The van der Waals surface area contributed by atoms with E-state index in [9.17, 15) is 22.8 Å². The van der Waals surface area contributed by atoms with Crippen molar-refractivity contribution in [3.8, 4) is 0 Å². The molecule has 1 aliphatic rings. The van der Waals surface area contributed by atoms with Gasteiger partial charge in [0.25, 0.3) is 5.91 Å². The van der Waals surface area contributed by atoms with Gasteiger partial charge in [-0.15, -0.1) is 0 Å². The largest absolute Gasteiger partial charge is 0.416 e. The highest BCUT2D eigenvalue weighted by Crippen LogP contribution is 2.34. The number of morpholine rings is 1. The van der Waals surface area contributed by atoms with Gasteiger partial charge in [-0.2, -0.15) is 13.2 Å². The fourth-order valence-corrected chi connectivity index (χ4v) is 6.45. The average molecular weight is 786 g/mol. The number of hydrogen-bond donors (Lipinski definition) is 2. The van der Waals surface area contributed by atoms with Crippen LogP contribution in [0.2, 0.25) is 0 Å². The number of ether oxygens (including phenoxy) is 1. The highest BCUT2D eigenvalue weighted by atomic mass is 19.4. The summed E-state index contributed by atoms with van der Waals surface area (Å²) < 4.78 is 48.5. The molecule has 306 valence electrons. The van der Waals surface area contributed by atoms with Gasteiger partial charge in [0.15, 0.2) is 0 Å². The van der Waals surface area contributed by atoms with E-state index in [1.807, 2.05) is 16.7 Å². The molecule has 0 saturated carbocycles. The predicted octanol–water partition coefficient (Wildman–Crippen LogP) is 9.88. The summed E-state index contributed by atoms with van der Waals surface area (Å²) in [5.74, 6) is 0.135. The molecule has 2 heterocycles. The number of benzene rings is 2. The van der Waals surface area contributed by atoms with Crippen LogP contribution in [0.3, 0.4) is 0 Å². The molecule has 1 saturated heterocycles. The number of amides is 2. The van der Waals surface area contributed by atoms with Crippen LogP contribution in [0.5, 0.6) is 0 Å². The maximum absolute atomic E-state index is 13.7. The molecule has 0 radical (unpaired) electrons. The molecule has 0 bridgehead atoms. The number of imidazole rings is 1. The van der Waals surface area contributed by atoms with Crippen molar-refractivity contribution in [2.24, 2.45) is 0 Å². The van der Waals surface area contributed by atoms with Crippen LogP contribution in [0.15, 0.2) is 103 Å².